The van der Waals surface area contributed by atoms with Crippen LogP contribution in [0.1, 0.15) is 74.7 Å². The molecule has 1 aromatic rings. The molecule has 1 N–H and O–H groups in total. The smallest absolute Gasteiger partial charge is 0.326 e. The van der Waals surface area contributed by atoms with E-state index >= 15 is 0 Å². The number of hydrogen-bond donors (Lipinski definition) is 1. The van der Waals surface area contributed by atoms with E-state index in [0.29, 0.717) is 17.9 Å². The Labute approximate surface area is 160 Å². The molecule has 1 saturated carbocycles. The van der Waals surface area contributed by atoms with Crippen LogP contribution in [0.3, 0.4) is 0 Å². The number of ketones is 1. The summed E-state index contributed by atoms with van der Waals surface area (Å²) in [6, 6.07) is 6.52. The van der Waals surface area contributed by atoms with Crippen LogP contribution >= 0.6 is 0 Å². The summed E-state index contributed by atoms with van der Waals surface area (Å²) in [6.45, 7) is 5.56. The van der Waals surface area contributed by atoms with E-state index in [1.807, 2.05) is 32.9 Å². The number of amides is 1. The molecule has 1 amide bonds. The lowest BCUT2D eigenvalue weighted by molar-refractivity contribution is -0.150. The minimum absolute atomic E-state index is 0.0524. The number of Topliss-reactive ketones (excluding diaryl/α,β-unsaturated/α-hetero) is 1. The first-order valence-electron chi connectivity index (χ1n) is 10.0. The number of nitrogens with zero attached hydrogens (tertiary/aromatic N) is 1. The van der Waals surface area contributed by atoms with Gasteiger partial charge in [-0.1, -0.05) is 51.0 Å². The number of carbonyl (C=O) groups excluding carboxylic acids is 2. The minimum atomic E-state index is -0.900. The average Bonchev–Trinajstić information content (AvgIpc) is 3.06. The molecule has 1 aliphatic heterocycles. The molecule has 4 unspecified atom stereocenters. The highest BCUT2D eigenvalue weighted by Crippen LogP contribution is 2.41. The maximum absolute atomic E-state index is 13.2. The maximum atomic E-state index is 13.2. The summed E-state index contributed by atoms with van der Waals surface area (Å²) in [7, 11) is 0. The third-order valence-electron chi connectivity index (χ3n) is 6.22. The van der Waals surface area contributed by atoms with Crippen molar-refractivity contribution in [1.29, 1.82) is 0 Å². The topological polar surface area (TPSA) is 74.7 Å². The lowest BCUT2D eigenvalue weighted by atomic mass is 9.84. The zero-order chi connectivity index (χ0) is 19.7. The number of benzene rings is 1. The molecule has 4 atom stereocenters. The van der Waals surface area contributed by atoms with Crippen molar-refractivity contribution in [3.8, 4) is 0 Å². The van der Waals surface area contributed by atoms with Gasteiger partial charge in [-0.25, -0.2) is 4.79 Å². The Morgan fingerprint density at radius 2 is 1.67 bits per heavy atom. The number of rotatable bonds is 5. The summed E-state index contributed by atoms with van der Waals surface area (Å²) < 4.78 is 0. The van der Waals surface area contributed by atoms with Crippen LogP contribution in [-0.2, 0) is 9.59 Å². The average molecular weight is 371 g/mol. The monoisotopic (exact) mass is 371 g/mol. The molecule has 0 aromatic heterocycles. The summed E-state index contributed by atoms with van der Waals surface area (Å²) >= 11 is 0. The van der Waals surface area contributed by atoms with Gasteiger partial charge < -0.3 is 10.0 Å². The number of carboxylic acid groups (broad SMARTS) is 1. The van der Waals surface area contributed by atoms with Gasteiger partial charge in [0.25, 0.3) is 0 Å². The zero-order valence-electron chi connectivity index (χ0n) is 16.4. The highest BCUT2D eigenvalue weighted by Gasteiger charge is 2.48. The van der Waals surface area contributed by atoms with Crippen molar-refractivity contribution in [2.75, 3.05) is 0 Å². The largest absolute Gasteiger partial charge is 0.480 e. The van der Waals surface area contributed by atoms with Gasteiger partial charge in [0, 0.05) is 17.5 Å². The van der Waals surface area contributed by atoms with E-state index in [4.69, 9.17) is 0 Å². The Balaban J connectivity index is 1.81. The van der Waals surface area contributed by atoms with Crippen LogP contribution in [-0.4, -0.2) is 39.7 Å². The van der Waals surface area contributed by atoms with Crippen LogP contribution < -0.4 is 0 Å². The Kier molecular flexibility index (Phi) is 5.68. The van der Waals surface area contributed by atoms with Crippen molar-refractivity contribution < 1.29 is 19.5 Å². The van der Waals surface area contributed by atoms with Crippen molar-refractivity contribution in [3.05, 3.63) is 35.4 Å². The van der Waals surface area contributed by atoms with Gasteiger partial charge in [0.2, 0.25) is 5.91 Å². The van der Waals surface area contributed by atoms with Crippen LogP contribution in [0.5, 0.6) is 0 Å². The standard InChI is InChI=1S/C22H29NO4/c1-13(2)20(24)16-10-8-15(9-11-16)14(3)21(25)23-18-7-5-4-6-17(18)12-19(23)22(26)27/h8-11,13-14,17-19H,4-7,12H2,1-3H3,(H,26,27). The highest BCUT2D eigenvalue weighted by molar-refractivity contribution is 5.97. The van der Waals surface area contributed by atoms with Gasteiger partial charge in [-0.15, -0.1) is 0 Å². The molecule has 0 bridgehead atoms. The highest BCUT2D eigenvalue weighted by atomic mass is 16.4. The first-order valence-corrected chi connectivity index (χ1v) is 10.0. The predicted molar refractivity (Wildman–Crippen MR) is 103 cm³/mol. The fourth-order valence-corrected chi connectivity index (χ4v) is 4.63. The molecule has 1 aliphatic carbocycles. The summed E-state index contributed by atoms with van der Waals surface area (Å²) in [6.07, 6.45) is 4.65. The van der Waals surface area contributed by atoms with E-state index in [1.165, 1.54) is 0 Å². The van der Waals surface area contributed by atoms with Crippen molar-refractivity contribution >= 4 is 17.7 Å². The number of hydrogen-bond acceptors (Lipinski definition) is 3. The molecule has 0 spiro atoms. The molecule has 2 aliphatic rings. The first kappa shape index (κ1) is 19.6. The number of aliphatic carboxylic acids is 1. The molecule has 1 heterocycles. The van der Waals surface area contributed by atoms with Crippen LogP contribution in [0, 0.1) is 11.8 Å². The number of carboxylic acids is 1. The van der Waals surface area contributed by atoms with Crippen LogP contribution in [0.25, 0.3) is 0 Å². The second-order valence-corrected chi connectivity index (χ2v) is 8.31. The maximum Gasteiger partial charge on any atom is 0.326 e. The lowest BCUT2D eigenvalue weighted by Crippen LogP contribution is -2.47. The molecule has 5 heteroatoms. The van der Waals surface area contributed by atoms with Gasteiger partial charge in [0.1, 0.15) is 6.04 Å². The fourth-order valence-electron chi connectivity index (χ4n) is 4.63. The molecule has 1 aromatic carbocycles. The normalized spacial score (nSPS) is 25.9. The van der Waals surface area contributed by atoms with E-state index in [-0.39, 0.29) is 23.7 Å². The van der Waals surface area contributed by atoms with Gasteiger partial charge in [0.15, 0.2) is 5.78 Å². The van der Waals surface area contributed by atoms with Gasteiger partial charge in [-0.05, 0) is 37.7 Å². The third-order valence-corrected chi connectivity index (χ3v) is 6.22. The van der Waals surface area contributed by atoms with E-state index in [1.54, 1.807) is 17.0 Å². The van der Waals surface area contributed by atoms with Crippen molar-refractivity contribution in [2.45, 2.75) is 70.9 Å². The molecule has 1 saturated heterocycles. The molecule has 0 radical (unpaired) electrons. The molecular formula is C22H29NO4. The van der Waals surface area contributed by atoms with E-state index < -0.39 is 17.9 Å². The molecule has 2 fully saturated rings. The summed E-state index contributed by atoms with van der Waals surface area (Å²) in [5.74, 6) is -1.12. The van der Waals surface area contributed by atoms with E-state index in [9.17, 15) is 19.5 Å². The Hall–Kier alpha value is -2.17. The van der Waals surface area contributed by atoms with E-state index in [2.05, 4.69) is 0 Å². The van der Waals surface area contributed by atoms with E-state index in [0.717, 1.165) is 31.2 Å². The third kappa shape index (κ3) is 3.78. The Bertz CT molecular complexity index is 724. The quantitative estimate of drug-likeness (QED) is 0.797. The fraction of sp³-hybridized carbons (Fsp3) is 0.591. The van der Waals surface area contributed by atoms with Gasteiger partial charge in [-0.3, -0.25) is 9.59 Å². The number of fused-ring (bicyclic) bond motifs is 1. The summed E-state index contributed by atoms with van der Waals surface area (Å²) in [5, 5.41) is 9.65. The van der Waals surface area contributed by atoms with Crippen LogP contribution in [0.2, 0.25) is 0 Å². The molecular weight excluding hydrogens is 342 g/mol. The second kappa shape index (κ2) is 7.83. The minimum Gasteiger partial charge on any atom is -0.480 e. The Morgan fingerprint density at radius 1 is 1.04 bits per heavy atom. The molecule has 146 valence electrons. The molecule has 3 rings (SSSR count). The van der Waals surface area contributed by atoms with Crippen molar-refractivity contribution in [2.24, 2.45) is 11.8 Å². The van der Waals surface area contributed by atoms with Gasteiger partial charge in [0.05, 0.1) is 5.92 Å². The number of carbonyl (C=O) groups is 3. The van der Waals surface area contributed by atoms with Gasteiger partial charge in [-0.2, -0.15) is 0 Å². The van der Waals surface area contributed by atoms with Crippen LogP contribution in [0.15, 0.2) is 24.3 Å². The molecule has 27 heavy (non-hydrogen) atoms. The lowest BCUT2D eigenvalue weighted by Gasteiger charge is -2.34. The SMILES string of the molecule is CC(C)C(=O)c1ccc(C(C)C(=O)N2C(C(=O)O)CC3CCCCC32)cc1. The Morgan fingerprint density at radius 3 is 2.26 bits per heavy atom. The second-order valence-electron chi connectivity index (χ2n) is 8.31. The molecule has 5 nitrogen and oxygen atoms in total. The van der Waals surface area contributed by atoms with Crippen molar-refractivity contribution in [1.82, 2.24) is 4.90 Å². The van der Waals surface area contributed by atoms with Gasteiger partial charge >= 0.3 is 5.97 Å². The summed E-state index contributed by atoms with van der Waals surface area (Å²) in [4.78, 5) is 38.8. The van der Waals surface area contributed by atoms with Crippen molar-refractivity contribution in [3.63, 3.8) is 0 Å². The summed E-state index contributed by atoms with van der Waals surface area (Å²) in [5.41, 5.74) is 1.47. The zero-order valence-corrected chi connectivity index (χ0v) is 16.4. The first-order chi connectivity index (χ1) is 12.8. The number of likely N-dealkylation sites (tertiary alicyclic amines) is 1. The predicted octanol–water partition coefficient (Wildman–Crippen LogP) is 3.87. The van der Waals surface area contributed by atoms with Crippen LogP contribution in [0.4, 0.5) is 0 Å².